The van der Waals surface area contributed by atoms with Crippen molar-refractivity contribution in [3.8, 4) is 0 Å². The van der Waals surface area contributed by atoms with E-state index in [1.54, 1.807) is 0 Å². The minimum atomic E-state index is -0.0758. The van der Waals surface area contributed by atoms with Crippen molar-refractivity contribution in [1.82, 2.24) is 9.88 Å². The van der Waals surface area contributed by atoms with Gasteiger partial charge in [0.15, 0.2) is 0 Å². The third-order valence-electron chi connectivity index (χ3n) is 3.37. The van der Waals surface area contributed by atoms with Gasteiger partial charge in [0.25, 0.3) is 0 Å². The highest BCUT2D eigenvalue weighted by Crippen LogP contribution is 2.15. The van der Waals surface area contributed by atoms with E-state index in [1.165, 1.54) is 0 Å². The summed E-state index contributed by atoms with van der Waals surface area (Å²) in [6.45, 7) is 7.36. The molecule has 0 aliphatic carbocycles. The molecule has 5 heteroatoms. The van der Waals surface area contributed by atoms with Gasteiger partial charge in [-0.05, 0) is 26.0 Å². The number of morpholine rings is 1. The Kier molecular flexibility index (Phi) is 5.13. The molecule has 106 valence electrons. The Morgan fingerprint density at radius 1 is 1.53 bits per heavy atom. The van der Waals surface area contributed by atoms with E-state index >= 15 is 0 Å². The molecule has 1 aromatic heterocycles. The van der Waals surface area contributed by atoms with Gasteiger partial charge in [0.1, 0.15) is 5.82 Å². The average molecular weight is 265 g/mol. The van der Waals surface area contributed by atoms with Crippen molar-refractivity contribution in [2.75, 3.05) is 31.6 Å². The second kappa shape index (κ2) is 6.84. The zero-order chi connectivity index (χ0) is 13.7. The van der Waals surface area contributed by atoms with Gasteiger partial charge in [-0.15, -0.1) is 0 Å². The third kappa shape index (κ3) is 3.89. The first-order valence-corrected chi connectivity index (χ1v) is 6.89. The highest BCUT2D eigenvalue weighted by atomic mass is 16.5. The van der Waals surface area contributed by atoms with Gasteiger partial charge in [-0.25, -0.2) is 4.98 Å². The number of aromatic nitrogens is 1. The Labute approximate surface area is 114 Å². The van der Waals surface area contributed by atoms with E-state index in [0.717, 1.165) is 31.1 Å². The smallest absolute Gasteiger partial charge is 0.126 e. The van der Waals surface area contributed by atoms with Crippen LogP contribution in [0.5, 0.6) is 0 Å². The number of nitrogens with zero attached hydrogens (tertiary/aromatic N) is 2. The van der Waals surface area contributed by atoms with E-state index in [2.05, 4.69) is 29.0 Å². The molecule has 1 aliphatic heterocycles. The lowest BCUT2D eigenvalue weighted by atomic mass is 10.2. The molecule has 1 aromatic rings. The zero-order valence-corrected chi connectivity index (χ0v) is 11.7. The number of ether oxygens (including phenoxy) is 1. The number of aliphatic hydroxyl groups is 1. The van der Waals surface area contributed by atoms with E-state index in [-0.39, 0.29) is 12.7 Å². The van der Waals surface area contributed by atoms with Crippen LogP contribution in [-0.4, -0.2) is 53.4 Å². The maximum absolute atomic E-state index is 9.20. The number of anilines is 1. The van der Waals surface area contributed by atoms with Gasteiger partial charge in [0.2, 0.25) is 0 Å². The molecule has 0 bridgehead atoms. The maximum atomic E-state index is 9.20. The Morgan fingerprint density at radius 3 is 3.11 bits per heavy atom. The van der Waals surface area contributed by atoms with Crippen molar-refractivity contribution in [1.29, 1.82) is 0 Å². The molecule has 1 fully saturated rings. The van der Waals surface area contributed by atoms with Crippen LogP contribution in [0.25, 0.3) is 0 Å². The summed E-state index contributed by atoms with van der Waals surface area (Å²) in [6.07, 6.45) is -0.0758. The molecule has 2 unspecified atom stereocenters. The van der Waals surface area contributed by atoms with Gasteiger partial charge in [0.05, 0.1) is 25.0 Å². The normalized spacial score (nSPS) is 24.4. The van der Waals surface area contributed by atoms with E-state index in [0.29, 0.717) is 12.6 Å². The quantitative estimate of drug-likeness (QED) is 0.835. The number of rotatable bonds is 5. The Balaban J connectivity index is 2.00. The highest BCUT2D eigenvalue weighted by Gasteiger charge is 2.25. The Bertz CT molecular complexity index is 400. The zero-order valence-electron chi connectivity index (χ0n) is 11.7. The number of pyridine rings is 1. The van der Waals surface area contributed by atoms with Gasteiger partial charge >= 0.3 is 0 Å². The number of nitrogens with one attached hydrogen (secondary N) is 1. The van der Waals surface area contributed by atoms with Gasteiger partial charge in [-0.2, -0.15) is 0 Å². The van der Waals surface area contributed by atoms with Crippen LogP contribution in [0.2, 0.25) is 0 Å². The van der Waals surface area contributed by atoms with Crippen molar-refractivity contribution >= 4 is 5.82 Å². The van der Waals surface area contributed by atoms with Crippen molar-refractivity contribution in [3.05, 3.63) is 23.9 Å². The molecular formula is C14H23N3O2. The van der Waals surface area contributed by atoms with Crippen molar-refractivity contribution in [3.63, 3.8) is 0 Å². The molecule has 2 atom stereocenters. The van der Waals surface area contributed by atoms with E-state index in [9.17, 15) is 5.11 Å². The van der Waals surface area contributed by atoms with Gasteiger partial charge in [0, 0.05) is 25.7 Å². The minimum Gasteiger partial charge on any atom is -0.394 e. The van der Waals surface area contributed by atoms with Crippen molar-refractivity contribution < 1.29 is 9.84 Å². The molecule has 2 rings (SSSR count). The van der Waals surface area contributed by atoms with Gasteiger partial charge in [-0.3, -0.25) is 4.90 Å². The van der Waals surface area contributed by atoms with E-state index in [1.807, 2.05) is 18.2 Å². The molecule has 0 radical (unpaired) electrons. The molecule has 0 saturated carbocycles. The van der Waals surface area contributed by atoms with Crippen molar-refractivity contribution in [2.45, 2.75) is 32.5 Å². The largest absolute Gasteiger partial charge is 0.394 e. The predicted octanol–water partition coefficient (Wildman–Crippen LogP) is 1.09. The van der Waals surface area contributed by atoms with Gasteiger partial charge in [-0.1, -0.05) is 6.07 Å². The molecule has 1 saturated heterocycles. The molecule has 0 amide bonds. The summed E-state index contributed by atoms with van der Waals surface area (Å²) in [5.74, 6) is 0.916. The minimum absolute atomic E-state index is 0.0758. The molecular weight excluding hydrogens is 242 g/mol. The van der Waals surface area contributed by atoms with Crippen LogP contribution in [0.1, 0.15) is 19.5 Å². The van der Waals surface area contributed by atoms with Crippen LogP contribution in [0.15, 0.2) is 18.2 Å². The summed E-state index contributed by atoms with van der Waals surface area (Å²) in [7, 11) is 0. The Morgan fingerprint density at radius 2 is 2.37 bits per heavy atom. The van der Waals surface area contributed by atoms with Crippen LogP contribution >= 0.6 is 0 Å². The van der Waals surface area contributed by atoms with Crippen LogP contribution in [0.4, 0.5) is 5.82 Å². The predicted molar refractivity (Wildman–Crippen MR) is 75.1 cm³/mol. The maximum Gasteiger partial charge on any atom is 0.126 e. The summed E-state index contributed by atoms with van der Waals surface area (Å²) in [6, 6.07) is 6.39. The monoisotopic (exact) mass is 265 g/mol. The first kappa shape index (κ1) is 14.2. The summed E-state index contributed by atoms with van der Waals surface area (Å²) < 4.78 is 5.55. The Hall–Kier alpha value is -1.17. The van der Waals surface area contributed by atoms with Crippen LogP contribution in [-0.2, 0) is 11.3 Å². The van der Waals surface area contributed by atoms with E-state index < -0.39 is 0 Å². The fraction of sp³-hybridized carbons (Fsp3) is 0.643. The molecule has 5 nitrogen and oxygen atoms in total. The SMILES string of the molecule is CCNc1cccc(CN2CC(CO)OCC2C)n1. The highest BCUT2D eigenvalue weighted by molar-refractivity contribution is 5.35. The summed E-state index contributed by atoms with van der Waals surface area (Å²) in [5.41, 5.74) is 1.05. The lowest BCUT2D eigenvalue weighted by Gasteiger charge is -2.37. The number of hydrogen-bond acceptors (Lipinski definition) is 5. The summed E-state index contributed by atoms with van der Waals surface area (Å²) in [4.78, 5) is 6.89. The standard InChI is InChI=1S/C14H23N3O2/c1-3-15-14-6-4-5-12(16-14)7-17-8-13(9-18)19-10-11(17)2/h4-6,11,13,18H,3,7-10H2,1-2H3,(H,15,16). The van der Waals surface area contributed by atoms with Crippen molar-refractivity contribution in [2.24, 2.45) is 0 Å². The molecule has 2 heterocycles. The summed E-state index contributed by atoms with van der Waals surface area (Å²) in [5, 5.41) is 12.4. The first-order chi connectivity index (χ1) is 9.22. The van der Waals surface area contributed by atoms with Crippen LogP contribution in [0, 0.1) is 0 Å². The lowest BCUT2D eigenvalue weighted by Crippen LogP contribution is -2.48. The second-order valence-corrected chi connectivity index (χ2v) is 4.96. The second-order valence-electron chi connectivity index (χ2n) is 4.96. The first-order valence-electron chi connectivity index (χ1n) is 6.89. The molecule has 0 aromatic carbocycles. The van der Waals surface area contributed by atoms with Gasteiger partial charge < -0.3 is 15.2 Å². The topological polar surface area (TPSA) is 57.6 Å². The fourth-order valence-electron chi connectivity index (χ4n) is 2.26. The molecule has 19 heavy (non-hydrogen) atoms. The van der Waals surface area contributed by atoms with Crippen LogP contribution in [0.3, 0.4) is 0 Å². The molecule has 2 N–H and O–H groups in total. The molecule has 1 aliphatic rings. The summed E-state index contributed by atoms with van der Waals surface area (Å²) >= 11 is 0. The lowest BCUT2D eigenvalue weighted by molar-refractivity contribution is -0.0808. The number of hydrogen-bond donors (Lipinski definition) is 2. The van der Waals surface area contributed by atoms with E-state index in [4.69, 9.17) is 4.74 Å². The molecule has 0 spiro atoms. The number of aliphatic hydroxyl groups excluding tert-OH is 1. The third-order valence-corrected chi connectivity index (χ3v) is 3.37. The average Bonchev–Trinajstić information content (AvgIpc) is 2.42. The van der Waals surface area contributed by atoms with Crippen LogP contribution < -0.4 is 5.32 Å². The fourth-order valence-corrected chi connectivity index (χ4v) is 2.26.